The third-order valence-electron chi connectivity index (χ3n) is 5.42. The average molecular weight is 386 g/mol. The number of amides is 1. The second kappa shape index (κ2) is 7.95. The Bertz CT molecular complexity index is 761. The Hall–Kier alpha value is -1.97. The quantitative estimate of drug-likeness (QED) is 0.826. The zero-order valence-electron chi connectivity index (χ0n) is 16.0. The first-order chi connectivity index (χ1) is 12.9. The number of para-hydroxylation sites is 1. The van der Waals surface area contributed by atoms with E-state index >= 15 is 0 Å². The number of anilines is 1. The van der Waals surface area contributed by atoms with Crippen molar-refractivity contribution in [1.82, 2.24) is 4.90 Å². The molecule has 5 nitrogen and oxygen atoms in total. The number of thioether (sulfide) groups is 1. The topological polar surface area (TPSA) is 76.4 Å². The minimum atomic E-state index is -1.77. The lowest BCUT2D eigenvalue weighted by Gasteiger charge is -2.33. The van der Waals surface area contributed by atoms with Crippen molar-refractivity contribution in [3.63, 3.8) is 0 Å². The second-order valence-corrected chi connectivity index (χ2v) is 9.13. The largest absolute Gasteiger partial charge is 0.377 e. The molecule has 3 rings (SSSR count). The molecule has 1 spiro atoms. The first-order valence-electron chi connectivity index (χ1n) is 9.55. The molecule has 1 heterocycles. The summed E-state index contributed by atoms with van der Waals surface area (Å²) < 4.78 is -0.489. The van der Waals surface area contributed by atoms with E-state index in [1.807, 2.05) is 18.2 Å². The van der Waals surface area contributed by atoms with Crippen molar-refractivity contribution < 1.29 is 9.90 Å². The zero-order chi connectivity index (χ0) is 19.5. The van der Waals surface area contributed by atoms with Crippen molar-refractivity contribution in [3.05, 3.63) is 41.6 Å². The van der Waals surface area contributed by atoms with E-state index in [0.717, 1.165) is 38.5 Å². The molecule has 144 valence electrons. The SMILES string of the molecule is CN(C)C1=C(C#N)C2(CCCCCCC2)SC1(O)C(=O)Nc1ccccc1. The van der Waals surface area contributed by atoms with Gasteiger partial charge in [0.15, 0.2) is 0 Å². The standard InChI is InChI=1S/C21H27N3O2S/c1-24(2)18-17(15-22)20(13-9-4-3-5-10-14-20)27-21(18,26)19(25)23-16-11-7-6-8-12-16/h6-8,11-12,26H,3-5,9-10,13-14H2,1-2H3,(H,23,25). The van der Waals surface area contributed by atoms with Gasteiger partial charge in [0.05, 0.1) is 22.1 Å². The number of nitrogens with one attached hydrogen (secondary N) is 1. The molecule has 0 saturated heterocycles. The van der Waals surface area contributed by atoms with Gasteiger partial charge in [0.25, 0.3) is 5.91 Å². The first-order valence-corrected chi connectivity index (χ1v) is 10.4. The van der Waals surface area contributed by atoms with Gasteiger partial charge in [-0.1, -0.05) is 62.1 Å². The Kier molecular flexibility index (Phi) is 5.83. The van der Waals surface area contributed by atoms with E-state index in [0.29, 0.717) is 17.0 Å². The maximum atomic E-state index is 13.1. The molecule has 1 fully saturated rings. The van der Waals surface area contributed by atoms with Gasteiger partial charge in [0.1, 0.15) is 0 Å². The number of hydrogen-bond acceptors (Lipinski definition) is 5. The van der Waals surface area contributed by atoms with Crippen LogP contribution in [-0.4, -0.2) is 39.7 Å². The summed E-state index contributed by atoms with van der Waals surface area (Å²) in [5.41, 5.74) is 1.61. The Labute approximate surface area is 165 Å². The van der Waals surface area contributed by atoms with Gasteiger partial charge in [-0.05, 0) is 25.0 Å². The Balaban J connectivity index is 2.00. The summed E-state index contributed by atoms with van der Waals surface area (Å²) in [4.78, 5) is 13.1. The second-order valence-electron chi connectivity index (χ2n) is 7.56. The smallest absolute Gasteiger partial charge is 0.273 e. The van der Waals surface area contributed by atoms with Crippen LogP contribution in [0.4, 0.5) is 5.69 Å². The summed E-state index contributed by atoms with van der Waals surface area (Å²) in [5.74, 6) is -0.492. The summed E-state index contributed by atoms with van der Waals surface area (Å²) in [5, 5.41) is 24.3. The highest BCUT2D eigenvalue weighted by molar-refractivity contribution is 8.03. The molecular weight excluding hydrogens is 358 g/mol. The molecule has 1 aromatic rings. The van der Waals surface area contributed by atoms with Gasteiger partial charge in [-0.25, -0.2) is 0 Å². The minimum absolute atomic E-state index is 0.420. The fraction of sp³-hybridized carbons (Fsp3) is 0.524. The highest BCUT2D eigenvalue weighted by Gasteiger charge is 2.58. The molecule has 1 unspecified atom stereocenters. The number of nitrogens with zero attached hydrogens (tertiary/aromatic N) is 2. The number of aliphatic hydroxyl groups is 1. The van der Waals surface area contributed by atoms with Crippen LogP contribution in [0.2, 0.25) is 0 Å². The Morgan fingerprint density at radius 2 is 1.74 bits per heavy atom. The van der Waals surface area contributed by atoms with E-state index in [4.69, 9.17) is 0 Å². The third-order valence-corrected chi connectivity index (χ3v) is 7.09. The van der Waals surface area contributed by atoms with Gasteiger partial charge in [-0.2, -0.15) is 5.26 Å². The van der Waals surface area contributed by atoms with Crippen molar-refractivity contribution in [2.24, 2.45) is 0 Å². The van der Waals surface area contributed by atoms with Crippen molar-refractivity contribution in [1.29, 1.82) is 5.26 Å². The Morgan fingerprint density at radius 3 is 2.30 bits per heavy atom. The molecule has 1 atom stereocenters. The van der Waals surface area contributed by atoms with Gasteiger partial charge in [0, 0.05) is 19.8 Å². The molecule has 0 bridgehead atoms. The molecule has 1 aliphatic carbocycles. The van der Waals surface area contributed by atoms with Crippen LogP contribution in [-0.2, 0) is 4.79 Å². The highest BCUT2D eigenvalue weighted by atomic mass is 32.2. The molecule has 6 heteroatoms. The van der Waals surface area contributed by atoms with E-state index in [9.17, 15) is 15.2 Å². The van der Waals surface area contributed by atoms with E-state index in [1.165, 1.54) is 18.2 Å². The predicted molar refractivity (Wildman–Crippen MR) is 109 cm³/mol. The number of hydrogen-bond donors (Lipinski definition) is 2. The monoisotopic (exact) mass is 385 g/mol. The van der Waals surface area contributed by atoms with E-state index < -0.39 is 15.6 Å². The number of nitriles is 1. The molecule has 0 radical (unpaired) electrons. The van der Waals surface area contributed by atoms with Crippen molar-refractivity contribution in [2.75, 3.05) is 19.4 Å². The minimum Gasteiger partial charge on any atom is -0.377 e. The zero-order valence-corrected chi connectivity index (χ0v) is 16.8. The van der Waals surface area contributed by atoms with E-state index in [1.54, 1.807) is 31.1 Å². The van der Waals surface area contributed by atoms with Crippen molar-refractivity contribution >= 4 is 23.4 Å². The van der Waals surface area contributed by atoms with Crippen LogP contribution in [0.25, 0.3) is 0 Å². The average Bonchev–Trinajstić information content (AvgIpc) is 2.89. The predicted octanol–water partition coefficient (Wildman–Crippen LogP) is 3.88. The molecule has 27 heavy (non-hydrogen) atoms. The fourth-order valence-corrected chi connectivity index (χ4v) is 6.00. The molecule has 2 N–H and O–H groups in total. The van der Waals surface area contributed by atoms with Crippen LogP contribution in [0, 0.1) is 11.3 Å². The summed E-state index contributed by atoms with van der Waals surface area (Å²) in [6.07, 6.45) is 7.13. The van der Waals surface area contributed by atoms with Gasteiger partial charge in [-0.3, -0.25) is 4.79 Å². The van der Waals surface area contributed by atoms with Gasteiger partial charge >= 0.3 is 0 Å². The third kappa shape index (κ3) is 3.71. The summed E-state index contributed by atoms with van der Waals surface area (Å²) >= 11 is 1.26. The van der Waals surface area contributed by atoms with Gasteiger partial charge < -0.3 is 15.3 Å². The number of rotatable bonds is 3. The van der Waals surface area contributed by atoms with Gasteiger partial charge in [-0.15, -0.1) is 0 Å². The number of likely N-dealkylation sites (N-methyl/N-ethyl adjacent to an activating group) is 1. The van der Waals surface area contributed by atoms with Crippen LogP contribution in [0.15, 0.2) is 41.6 Å². The van der Waals surface area contributed by atoms with Crippen LogP contribution >= 0.6 is 11.8 Å². The summed E-state index contributed by atoms with van der Waals surface area (Å²) in [6, 6.07) is 11.5. The molecular formula is C21H27N3O2S. The van der Waals surface area contributed by atoms with Crippen LogP contribution in [0.5, 0.6) is 0 Å². The fourth-order valence-electron chi connectivity index (χ4n) is 4.17. The van der Waals surface area contributed by atoms with E-state index in [-0.39, 0.29) is 0 Å². The van der Waals surface area contributed by atoms with Crippen molar-refractivity contribution in [2.45, 2.75) is 54.6 Å². The van der Waals surface area contributed by atoms with E-state index in [2.05, 4.69) is 11.4 Å². The highest BCUT2D eigenvalue weighted by Crippen LogP contribution is 2.58. The van der Waals surface area contributed by atoms with Crippen molar-refractivity contribution in [3.8, 4) is 6.07 Å². The van der Waals surface area contributed by atoms with Crippen LogP contribution in [0.3, 0.4) is 0 Å². The summed E-state index contributed by atoms with van der Waals surface area (Å²) in [7, 11) is 3.58. The normalized spacial score (nSPS) is 24.8. The lowest BCUT2D eigenvalue weighted by atomic mass is 9.83. The molecule has 1 saturated carbocycles. The lowest BCUT2D eigenvalue weighted by Crippen LogP contribution is -2.44. The summed E-state index contributed by atoms with van der Waals surface area (Å²) in [6.45, 7) is 0. The first kappa shape index (κ1) is 19.8. The Morgan fingerprint density at radius 1 is 1.15 bits per heavy atom. The molecule has 0 aromatic heterocycles. The lowest BCUT2D eigenvalue weighted by molar-refractivity contribution is -0.125. The maximum Gasteiger partial charge on any atom is 0.273 e. The molecule has 1 aromatic carbocycles. The number of benzene rings is 1. The molecule has 1 amide bonds. The molecule has 2 aliphatic rings. The van der Waals surface area contributed by atoms with Crippen LogP contribution in [0.1, 0.15) is 44.9 Å². The van der Waals surface area contributed by atoms with Crippen LogP contribution < -0.4 is 5.32 Å². The number of carbonyl (C=O) groups is 1. The maximum absolute atomic E-state index is 13.1. The molecule has 1 aliphatic heterocycles. The van der Waals surface area contributed by atoms with Gasteiger partial charge in [0.2, 0.25) is 4.93 Å². The number of carbonyl (C=O) groups excluding carboxylic acids is 1.